The molecule has 0 fully saturated rings. The van der Waals surface area contributed by atoms with Crippen molar-refractivity contribution in [3.8, 4) is 0 Å². The van der Waals surface area contributed by atoms with Gasteiger partial charge in [-0.15, -0.1) is 21.5 Å². The van der Waals surface area contributed by atoms with Crippen LogP contribution < -0.4 is 5.32 Å². The van der Waals surface area contributed by atoms with Gasteiger partial charge in [-0.1, -0.05) is 11.6 Å². The highest BCUT2D eigenvalue weighted by Crippen LogP contribution is 2.21. The summed E-state index contributed by atoms with van der Waals surface area (Å²) < 4.78 is 0. The Kier molecular flexibility index (Phi) is 4.37. The standard InChI is InChI=1S/C11H12Cl2N4S/c1-6(5-8-4-3-7(2)18-8)14-10-9(12)16-17-11(13)15-10/h3-4,6H,5H2,1-2H3,(H,14,15,17). The van der Waals surface area contributed by atoms with Crippen LogP contribution in [-0.2, 0) is 6.42 Å². The first-order valence-electron chi connectivity index (χ1n) is 5.42. The lowest BCUT2D eigenvalue weighted by Crippen LogP contribution is -2.19. The molecule has 0 aliphatic heterocycles. The Labute approximate surface area is 119 Å². The van der Waals surface area contributed by atoms with E-state index in [0.717, 1.165) is 6.42 Å². The van der Waals surface area contributed by atoms with E-state index in [2.05, 4.69) is 46.5 Å². The van der Waals surface area contributed by atoms with Crippen LogP contribution in [0.3, 0.4) is 0 Å². The van der Waals surface area contributed by atoms with Gasteiger partial charge in [0.15, 0.2) is 11.0 Å². The molecule has 0 radical (unpaired) electrons. The van der Waals surface area contributed by atoms with Crippen LogP contribution in [0.1, 0.15) is 16.7 Å². The number of thiophene rings is 1. The predicted molar refractivity (Wildman–Crippen MR) is 75.7 cm³/mol. The average Bonchev–Trinajstić information content (AvgIpc) is 2.69. The molecule has 2 heterocycles. The Morgan fingerprint density at radius 2 is 2.11 bits per heavy atom. The van der Waals surface area contributed by atoms with Crippen LogP contribution in [0, 0.1) is 6.92 Å². The predicted octanol–water partition coefficient (Wildman–Crippen LogP) is 3.59. The summed E-state index contributed by atoms with van der Waals surface area (Å²) in [6.07, 6.45) is 0.899. The van der Waals surface area contributed by atoms with Crippen LogP contribution in [0.5, 0.6) is 0 Å². The summed E-state index contributed by atoms with van der Waals surface area (Å²) in [7, 11) is 0. The molecule has 0 amide bonds. The molecule has 18 heavy (non-hydrogen) atoms. The van der Waals surface area contributed by atoms with Gasteiger partial charge in [0.05, 0.1) is 0 Å². The Balaban J connectivity index is 2.02. The van der Waals surface area contributed by atoms with Crippen molar-refractivity contribution in [2.75, 3.05) is 5.32 Å². The Morgan fingerprint density at radius 1 is 1.33 bits per heavy atom. The molecule has 0 spiro atoms. The quantitative estimate of drug-likeness (QED) is 0.937. The van der Waals surface area contributed by atoms with Gasteiger partial charge in [0.1, 0.15) is 0 Å². The summed E-state index contributed by atoms with van der Waals surface area (Å²) in [5.74, 6) is 0.470. The number of nitrogens with zero attached hydrogens (tertiary/aromatic N) is 3. The fourth-order valence-corrected chi connectivity index (χ4v) is 2.84. The summed E-state index contributed by atoms with van der Waals surface area (Å²) in [5.41, 5.74) is 0. The second kappa shape index (κ2) is 5.82. The minimum atomic E-state index is 0.0843. The Bertz CT molecular complexity index is 544. The second-order valence-electron chi connectivity index (χ2n) is 3.98. The molecule has 0 saturated carbocycles. The first-order chi connectivity index (χ1) is 8.54. The van der Waals surface area contributed by atoms with Crippen molar-refractivity contribution in [3.63, 3.8) is 0 Å². The number of anilines is 1. The SMILES string of the molecule is Cc1ccc(CC(C)Nc2nc(Cl)nnc2Cl)s1. The Morgan fingerprint density at radius 3 is 2.78 bits per heavy atom. The van der Waals surface area contributed by atoms with Crippen molar-refractivity contribution >= 4 is 40.4 Å². The monoisotopic (exact) mass is 302 g/mol. The van der Waals surface area contributed by atoms with E-state index in [9.17, 15) is 0 Å². The normalized spacial score (nSPS) is 12.4. The molecule has 1 unspecified atom stereocenters. The Hall–Kier alpha value is -0.910. The van der Waals surface area contributed by atoms with Gasteiger partial charge < -0.3 is 5.32 Å². The van der Waals surface area contributed by atoms with E-state index in [4.69, 9.17) is 23.2 Å². The van der Waals surface area contributed by atoms with Crippen molar-refractivity contribution < 1.29 is 0 Å². The molecule has 0 saturated heterocycles. The molecule has 2 aromatic rings. The van der Waals surface area contributed by atoms with Crippen molar-refractivity contribution in [2.45, 2.75) is 26.3 Å². The molecule has 0 aromatic carbocycles. The minimum absolute atomic E-state index is 0.0843. The number of hydrogen-bond donors (Lipinski definition) is 1. The molecule has 1 atom stereocenters. The van der Waals surface area contributed by atoms with Crippen LogP contribution in [0.2, 0.25) is 10.4 Å². The smallest absolute Gasteiger partial charge is 0.245 e. The van der Waals surface area contributed by atoms with E-state index in [-0.39, 0.29) is 16.5 Å². The molecule has 96 valence electrons. The highest BCUT2D eigenvalue weighted by Gasteiger charge is 2.10. The molecule has 0 aliphatic carbocycles. The number of hydrogen-bond acceptors (Lipinski definition) is 5. The molecule has 0 bridgehead atoms. The fraction of sp³-hybridized carbons (Fsp3) is 0.364. The van der Waals surface area contributed by atoms with Gasteiger partial charge in [0, 0.05) is 22.2 Å². The molecule has 0 aliphatic rings. The van der Waals surface area contributed by atoms with Gasteiger partial charge in [-0.3, -0.25) is 0 Å². The van der Waals surface area contributed by atoms with Crippen molar-refractivity contribution in [1.29, 1.82) is 0 Å². The average molecular weight is 303 g/mol. The highest BCUT2D eigenvalue weighted by atomic mass is 35.5. The third-order valence-corrected chi connectivity index (χ3v) is 3.74. The van der Waals surface area contributed by atoms with E-state index >= 15 is 0 Å². The zero-order valence-corrected chi connectivity index (χ0v) is 12.3. The summed E-state index contributed by atoms with van der Waals surface area (Å²) >= 11 is 13.4. The van der Waals surface area contributed by atoms with Crippen LogP contribution in [-0.4, -0.2) is 21.2 Å². The van der Waals surface area contributed by atoms with E-state index < -0.39 is 0 Å². The zero-order valence-electron chi connectivity index (χ0n) is 9.94. The lowest BCUT2D eigenvalue weighted by atomic mass is 10.2. The third kappa shape index (κ3) is 3.54. The lowest BCUT2D eigenvalue weighted by molar-refractivity contribution is 0.788. The maximum atomic E-state index is 5.89. The number of nitrogens with one attached hydrogen (secondary N) is 1. The van der Waals surface area contributed by atoms with Crippen molar-refractivity contribution in [3.05, 3.63) is 32.3 Å². The van der Waals surface area contributed by atoms with Gasteiger partial charge in [-0.25, -0.2) is 0 Å². The second-order valence-corrected chi connectivity index (χ2v) is 6.05. The fourth-order valence-electron chi connectivity index (χ4n) is 1.57. The van der Waals surface area contributed by atoms with E-state index in [1.165, 1.54) is 9.75 Å². The van der Waals surface area contributed by atoms with Crippen LogP contribution >= 0.6 is 34.5 Å². The summed E-state index contributed by atoms with van der Waals surface area (Å²) in [6, 6.07) is 4.43. The first kappa shape index (κ1) is 13.5. The largest absolute Gasteiger partial charge is 0.365 e. The maximum Gasteiger partial charge on any atom is 0.245 e. The van der Waals surface area contributed by atoms with E-state index in [0.29, 0.717) is 5.82 Å². The number of halogens is 2. The van der Waals surface area contributed by atoms with Gasteiger partial charge in [0.2, 0.25) is 5.28 Å². The van der Waals surface area contributed by atoms with Gasteiger partial charge in [-0.05, 0) is 37.6 Å². The number of aromatic nitrogens is 3. The molecule has 4 nitrogen and oxygen atoms in total. The van der Waals surface area contributed by atoms with Crippen LogP contribution in [0.15, 0.2) is 12.1 Å². The van der Waals surface area contributed by atoms with Gasteiger partial charge >= 0.3 is 0 Å². The first-order valence-corrected chi connectivity index (χ1v) is 6.99. The van der Waals surface area contributed by atoms with E-state index in [1.807, 2.05) is 0 Å². The lowest BCUT2D eigenvalue weighted by Gasteiger charge is -2.13. The molecule has 2 rings (SSSR count). The molecule has 7 heteroatoms. The summed E-state index contributed by atoms with van der Waals surface area (Å²) in [6.45, 7) is 4.15. The number of rotatable bonds is 4. The zero-order chi connectivity index (χ0) is 13.1. The van der Waals surface area contributed by atoms with Crippen molar-refractivity contribution in [1.82, 2.24) is 15.2 Å². The maximum absolute atomic E-state index is 5.89. The topological polar surface area (TPSA) is 50.7 Å². The van der Waals surface area contributed by atoms with E-state index in [1.54, 1.807) is 11.3 Å². The van der Waals surface area contributed by atoms with Crippen LogP contribution in [0.25, 0.3) is 0 Å². The summed E-state index contributed by atoms with van der Waals surface area (Å²) in [5, 5.41) is 10.8. The minimum Gasteiger partial charge on any atom is -0.365 e. The number of aryl methyl sites for hydroxylation is 1. The molecule has 1 N–H and O–H groups in total. The molecular formula is C11H12Cl2N4S. The van der Waals surface area contributed by atoms with Crippen molar-refractivity contribution in [2.24, 2.45) is 0 Å². The molecule has 2 aromatic heterocycles. The highest BCUT2D eigenvalue weighted by molar-refractivity contribution is 7.11. The van der Waals surface area contributed by atoms with Gasteiger partial charge in [-0.2, -0.15) is 4.98 Å². The summed E-state index contributed by atoms with van der Waals surface area (Å²) in [4.78, 5) is 6.64. The van der Waals surface area contributed by atoms with Gasteiger partial charge in [0.25, 0.3) is 0 Å². The molecular weight excluding hydrogens is 291 g/mol. The van der Waals surface area contributed by atoms with Crippen LogP contribution in [0.4, 0.5) is 5.82 Å². The third-order valence-electron chi connectivity index (χ3n) is 2.31.